The van der Waals surface area contributed by atoms with Crippen molar-refractivity contribution in [2.45, 2.75) is 12.3 Å². The number of anilines is 1. The molecule has 0 aliphatic rings. The van der Waals surface area contributed by atoms with Crippen LogP contribution in [0.15, 0.2) is 59.6 Å². The summed E-state index contributed by atoms with van der Waals surface area (Å²) in [5.41, 5.74) is 0.390. The lowest BCUT2D eigenvalue weighted by molar-refractivity contribution is -0.198. The second-order valence-corrected chi connectivity index (χ2v) is 9.00. The summed E-state index contributed by atoms with van der Waals surface area (Å²) in [4.78, 5) is 15.9. The van der Waals surface area contributed by atoms with Gasteiger partial charge in [0.2, 0.25) is 21.9 Å². The summed E-state index contributed by atoms with van der Waals surface area (Å²) in [7, 11) is -2.71. The smallest absolute Gasteiger partial charge is 0.429 e. The highest BCUT2D eigenvalue weighted by Crippen LogP contribution is 2.38. The monoisotopic (exact) mass is 509 g/mol. The zero-order chi connectivity index (χ0) is 25.1. The summed E-state index contributed by atoms with van der Waals surface area (Å²) in [6.45, 7) is -0.138. The van der Waals surface area contributed by atoms with Crippen molar-refractivity contribution in [3.8, 4) is 17.3 Å². The predicted octanol–water partition coefficient (Wildman–Crippen LogP) is 3.75. The Bertz CT molecular complexity index is 1400. The van der Waals surface area contributed by atoms with Crippen molar-refractivity contribution < 1.29 is 35.5 Å². The first-order valence-corrected chi connectivity index (χ1v) is 11.7. The highest BCUT2D eigenvalue weighted by atomic mass is 32.2. The number of pyridine rings is 1. The van der Waals surface area contributed by atoms with E-state index in [9.17, 15) is 21.6 Å². The van der Waals surface area contributed by atoms with Gasteiger partial charge in [-0.05, 0) is 18.2 Å². The molecule has 4 aromatic rings. The van der Waals surface area contributed by atoms with Gasteiger partial charge in [-0.1, -0.05) is 18.2 Å². The molecule has 4 rings (SSSR count). The van der Waals surface area contributed by atoms with Crippen LogP contribution in [0.4, 0.5) is 19.0 Å². The number of oxazole rings is 1. The summed E-state index contributed by atoms with van der Waals surface area (Å²) in [6, 6.07) is 8.76. The molecule has 3 heterocycles. The Labute approximate surface area is 197 Å². The molecule has 0 saturated carbocycles. The first-order chi connectivity index (χ1) is 16.7. The van der Waals surface area contributed by atoms with Gasteiger partial charge in [-0.15, -0.1) is 0 Å². The average Bonchev–Trinajstić information content (AvgIpc) is 3.35. The van der Waals surface area contributed by atoms with Gasteiger partial charge in [0.1, 0.15) is 5.69 Å². The van der Waals surface area contributed by atoms with Crippen LogP contribution in [-0.4, -0.2) is 54.0 Å². The topological polar surface area (TPSA) is 129 Å². The molecule has 184 valence electrons. The third-order valence-corrected chi connectivity index (χ3v) is 5.86. The lowest BCUT2D eigenvalue weighted by Crippen LogP contribution is -2.28. The van der Waals surface area contributed by atoms with E-state index in [1.807, 2.05) is 0 Å². The van der Waals surface area contributed by atoms with Gasteiger partial charge in [0, 0.05) is 18.9 Å². The zero-order valence-electron chi connectivity index (χ0n) is 18.1. The van der Waals surface area contributed by atoms with E-state index in [2.05, 4.69) is 24.7 Å². The number of hydrogen-bond acceptors (Lipinski definition) is 9. The predicted molar refractivity (Wildman–Crippen MR) is 118 cm³/mol. The minimum atomic E-state index is -4.89. The normalized spacial score (nSPS) is 13.0. The number of nitrogens with one attached hydrogen (secondary N) is 1. The Balaban J connectivity index is 1.72. The molecule has 3 aromatic heterocycles. The fourth-order valence-corrected chi connectivity index (χ4v) is 3.92. The molecule has 0 bridgehead atoms. The Kier molecular flexibility index (Phi) is 6.84. The highest BCUT2D eigenvalue weighted by Gasteiger charge is 2.44. The van der Waals surface area contributed by atoms with Crippen molar-refractivity contribution in [2.75, 3.05) is 24.2 Å². The van der Waals surface area contributed by atoms with E-state index in [1.54, 1.807) is 12.1 Å². The number of alkyl halides is 3. The molecule has 10 nitrogen and oxygen atoms in total. The minimum Gasteiger partial charge on any atom is -0.457 e. The summed E-state index contributed by atoms with van der Waals surface area (Å²) >= 11 is 0. The molecule has 1 atom stereocenters. The number of fused-ring (bicyclic) bond motifs is 1. The van der Waals surface area contributed by atoms with E-state index in [0.29, 0.717) is 0 Å². The number of nitrogens with zero attached hydrogens (tertiary/aromatic N) is 4. The van der Waals surface area contributed by atoms with Crippen LogP contribution in [0, 0.1) is 0 Å². The van der Waals surface area contributed by atoms with Crippen LogP contribution in [0.2, 0.25) is 0 Å². The van der Waals surface area contributed by atoms with Crippen molar-refractivity contribution in [3.05, 3.63) is 60.7 Å². The number of ether oxygens (including phenoxy) is 2. The number of aromatic nitrogens is 4. The number of halogens is 3. The van der Waals surface area contributed by atoms with E-state index in [-0.39, 0.29) is 34.7 Å². The Morgan fingerprint density at radius 3 is 2.43 bits per heavy atom. The van der Waals surface area contributed by atoms with Gasteiger partial charge < -0.3 is 13.9 Å². The van der Waals surface area contributed by atoms with Crippen molar-refractivity contribution in [3.63, 3.8) is 0 Å². The number of methoxy groups -OCH3 is 1. The van der Waals surface area contributed by atoms with Gasteiger partial charge in [-0.2, -0.15) is 13.2 Å². The number of rotatable bonds is 9. The van der Waals surface area contributed by atoms with Gasteiger partial charge >= 0.3 is 6.18 Å². The van der Waals surface area contributed by atoms with Crippen molar-refractivity contribution >= 4 is 26.9 Å². The summed E-state index contributed by atoms with van der Waals surface area (Å²) in [6.07, 6.45) is -3.90. The summed E-state index contributed by atoms with van der Waals surface area (Å²) in [5.74, 6) is -1.31. The lowest BCUT2D eigenvalue weighted by atomic mass is 10.1. The van der Waals surface area contributed by atoms with Crippen LogP contribution in [0.5, 0.6) is 5.88 Å². The zero-order valence-corrected chi connectivity index (χ0v) is 18.9. The van der Waals surface area contributed by atoms with Crippen LogP contribution in [0.25, 0.3) is 22.5 Å². The van der Waals surface area contributed by atoms with E-state index in [4.69, 9.17) is 13.9 Å². The maximum atomic E-state index is 14.0. The second kappa shape index (κ2) is 9.84. The molecular weight excluding hydrogens is 491 g/mol. The molecule has 0 spiro atoms. The van der Waals surface area contributed by atoms with Gasteiger partial charge in [-0.3, -0.25) is 9.71 Å². The van der Waals surface area contributed by atoms with Crippen molar-refractivity contribution in [1.29, 1.82) is 0 Å². The molecule has 0 fully saturated rings. The number of para-hydroxylation sites is 2. The van der Waals surface area contributed by atoms with E-state index >= 15 is 0 Å². The minimum absolute atomic E-state index is 0.138. The number of hydrogen-bond donors (Lipinski definition) is 1. The van der Waals surface area contributed by atoms with Crippen LogP contribution in [0.3, 0.4) is 0 Å². The fraction of sp³-hybridized carbons (Fsp3) is 0.238. The van der Waals surface area contributed by atoms with Gasteiger partial charge in [-0.25, -0.2) is 23.4 Å². The molecule has 14 heteroatoms. The molecule has 0 aliphatic carbocycles. The Hall–Kier alpha value is -3.78. The Morgan fingerprint density at radius 1 is 1.09 bits per heavy atom. The van der Waals surface area contributed by atoms with Gasteiger partial charge in [0.15, 0.2) is 12.2 Å². The van der Waals surface area contributed by atoms with Crippen molar-refractivity contribution in [2.24, 2.45) is 0 Å². The third-order valence-electron chi connectivity index (χ3n) is 4.65. The molecule has 0 radical (unpaired) electrons. The molecule has 1 unspecified atom stereocenters. The largest absolute Gasteiger partial charge is 0.457 e. The molecule has 0 aliphatic heterocycles. The van der Waals surface area contributed by atoms with E-state index in [0.717, 1.165) is 6.20 Å². The van der Waals surface area contributed by atoms with Crippen LogP contribution >= 0.6 is 0 Å². The molecule has 1 N–H and O–H groups in total. The van der Waals surface area contributed by atoms with Crippen LogP contribution < -0.4 is 9.46 Å². The van der Waals surface area contributed by atoms with E-state index in [1.165, 1.54) is 44.0 Å². The number of sulfonamides is 1. The highest BCUT2D eigenvalue weighted by molar-refractivity contribution is 7.92. The van der Waals surface area contributed by atoms with Gasteiger partial charge in [0.05, 0.1) is 29.6 Å². The fourth-order valence-electron chi connectivity index (χ4n) is 3.01. The van der Waals surface area contributed by atoms with Crippen molar-refractivity contribution in [1.82, 2.24) is 19.9 Å². The third kappa shape index (κ3) is 5.84. The average molecular weight is 509 g/mol. The summed E-state index contributed by atoms with van der Waals surface area (Å²) in [5, 5.41) is 0. The lowest BCUT2D eigenvalue weighted by Gasteiger charge is -2.22. The maximum Gasteiger partial charge on any atom is 0.429 e. The second-order valence-electron chi connectivity index (χ2n) is 7.16. The molecule has 0 amide bonds. The Morgan fingerprint density at radius 2 is 1.83 bits per heavy atom. The van der Waals surface area contributed by atoms with Gasteiger partial charge in [0.25, 0.3) is 5.88 Å². The molecular formula is C21H18F3N5O5S. The maximum absolute atomic E-state index is 14.0. The first kappa shape index (κ1) is 24.3. The molecule has 0 saturated heterocycles. The van der Waals surface area contributed by atoms with Crippen LogP contribution in [-0.2, 0) is 14.8 Å². The molecule has 35 heavy (non-hydrogen) atoms. The quantitative estimate of drug-likeness (QED) is 0.359. The first-order valence-electron chi connectivity index (χ1n) is 10.0. The summed E-state index contributed by atoms with van der Waals surface area (Å²) < 4.78 is 84.1. The SMILES string of the molecule is COCCS(=O)(=O)Nc1nc2ccccc2nc1OC(c1ccc(-c2cnco2)nc1)C(F)(F)F. The van der Waals surface area contributed by atoms with Crippen LogP contribution in [0.1, 0.15) is 11.7 Å². The number of benzene rings is 1. The standard InChI is InChI=1S/C21H18F3N5O5S/c1-32-8-9-35(30,31)29-19-20(28-15-5-3-2-4-14(15)27-19)34-18(21(22,23)24)13-6-7-16(26-10-13)17-11-25-12-33-17/h2-7,10-12,18H,8-9H2,1H3,(H,27,29). The molecule has 1 aromatic carbocycles. The van der Waals surface area contributed by atoms with E-state index < -0.39 is 39.8 Å².